The summed E-state index contributed by atoms with van der Waals surface area (Å²) in [7, 11) is 0. The number of hydrogen-bond donors (Lipinski definition) is 0. The van der Waals surface area contributed by atoms with E-state index in [9.17, 15) is 0 Å². The van der Waals surface area contributed by atoms with Crippen LogP contribution in [0.15, 0.2) is 0 Å². The van der Waals surface area contributed by atoms with Crippen LogP contribution in [0.25, 0.3) is 0 Å². The van der Waals surface area contributed by atoms with Gasteiger partial charge in [-0.05, 0) is 0 Å². The van der Waals surface area contributed by atoms with Gasteiger partial charge in [0.1, 0.15) is 0 Å². The van der Waals surface area contributed by atoms with Crippen LogP contribution in [0.5, 0.6) is 0 Å². The van der Waals surface area contributed by atoms with E-state index in [0.29, 0.717) is 0 Å². The van der Waals surface area contributed by atoms with E-state index in [1.54, 1.807) is 0 Å². The first-order valence-electron chi connectivity index (χ1n) is 0. The van der Waals surface area contributed by atoms with E-state index in [1.165, 1.54) is 0 Å². The van der Waals surface area contributed by atoms with E-state index in [2.05, 4.69) is 0 Å². The SMILES string of the molecule is P.[Co].[Li].[Ni]. The first-order chi connectivity index (χ1) is 0. The predicted molar refractivity (Wildman–Crippen MR) is 16.9 cm³/mol. The standard InChI is InChI=1S/Co.Li.Ni.H3P/h;;;1H3. The third-order valence-electron chi connectivity index (χ3n) is 0. The maximum Gasteiger partial charge on any atom is 0 e. The molecule has 0 heterocycles. The average Bonchev–Trinajstić information content (AvgIpc) is 0. The molecule has 1 unspecified atom stereocenters. The number of hydrogen-bond acceptors (Lipinski definition) is 0. The summed E-state index contributed by atoms with van der Waals surface area (Å²) in [6.07, 6.45) is 0. The van der Waals surface area contributed by atoms with E-state index in [-0.39, 0.29) is 62.0 Å². The second-order valence-electron chi connectivity index (χ2n) is 0. The Morgan fingerprint density at radius 1 is 1.00 bits per heavy atom. The second-order valence-corrected chi connectivity index (χ2v) is 0. The Balaban J connectivity index is 0. The molecule has 0 bridgehead atoms. The molecule has 4 heteroatoms. The van der Waals surface area contributed by atoms with Crippen molar-refractivity contribution in [2.45, 2.75) is 0 Å². The quantitative estimate of drug-likeness (QED) is 0.335. The Hall–Kier alpha value is 2.03. The molecule has 0 spiro atoms. The normalized spacial score (nSPS) is 0. The molecule has 0 aliphatic rings. The van der Waals surface area contributed by atoms with Gasteiger partial charge in [0.15, 0.2) is 0 Å². The Labute approximate surface area is 61.8 Å². The van der Waals surface area contributed by atoms with E-state index in [4.69, 9.17) is 0 Å². The third-order valence-corrected chi connectivity index (χ3v) is 0. The summed E-state index contributed by atoms with van der Waals surface area (Å²) < 4.78 is 0. The average molecular weight is 159 g/mol. The van der Waals surface area contributed by atoms with Crippen LogP contribution in [0, 0.1) is 0 Å². The summed E-state index contributed by atoms with van der Waals surface area (Å²) >= 11 is 0. The zero-order valence-electron chi connectivity index (χ0n) is 2.36. The maximum absolute atomic E-state index is 0. The molecule has 0 amide bonds. The Morgan fingerprint density at radius 2 is 1.00 bits per heavy atom. The van der Waals surface area contributed by atoms with Gasteiger partial charge in [0, 0.05) is 52.1 Å². The molecule has 0 saturated carbocycles. The second kappa shape index (κ2) is 19.8. The first-order valence-corrected chi connectivity index (χ1v) is 0. The monoisotopic (exact) mass is 158 g/mol. The van der Waals surface area contributed by atoms with E-state index >= 15 is 0 Å². The summed E-state index contributed by atoms with van der Waals surface area (Å²) in [6, 6.07) is 0. The third kappa shape index (κ3) is 8.98. The summed E-state index contributed by atoms with van der Waals surface area (Å²) in [4.78, 5) is 0. The van der Waals surface area contributed by atoms with Crippen molar-refractivity contribution in [3.05, 3.63) is 0 Å². The zero-order chi connectivity index (χ0) is 0. The van der Waals surface area contributed by atoms with Crippen molar-refractivity contribution < 1.29 is 33.3 Å². The Kier molecular flexibility index (Phi) is 184. The molecule has 0 fully saturated rings. The van der Waals surface area contributed by atoms with E-state index in [1.807, 2.05) is 0 Å². The molecule has 0 aromatic rings. The first kappa shape index (κ1) is 37.1. The van der Waals surface area contributed by atoms with Gasteiger partial charge < -0.3 is 0 Å². The van der Waals surface area contributed by atoms with Crippen molar-refractivity contribution in [1.29, 1.82) is 0 Å². The van der Waals surface area contributed by atoms with Gasteiger partial charge in [0.25, 0.3) is 0 Å². The van der Waals surface area contributed by atoms with Gasteiger partial charge in [-0.25, -0.2) is 0 Å². The molecule has 0 N–H and O–H groups in total. The molecule has 0 aliphatic heterocycles. The van der Waals surface area contributed by atoms with Gasteiger partial charge in [-0.15, -0.1) is 0 Å². The summed E-state index contributed by atoms with van der Waals surface area (Å²) in [6.45, 7) is 0. The van der Waals surface area contributed by atoms with Gasteiger partial charge in [-0.3, -0.25) is 0 Å². The van der Waals surface area contributed by atoms with Crippen LogP contribution in [-0.2, 0) is 33.3 Å². The van der Waals surface area contributed by atoms with Gasteiger partial charge in [0.05, 0.1) is 0 Å². The predicted octanol–water partition coefficient (Wildman–Crippen LogP) is -0.328. The van der Waals surface area contributed by atoms with Crippen molar-refractivity contribution >= 4 is 28.8 Å². The molecule has 0 nitrogen and oxygen atoms in total. The Morgan fingerprint density at radius 3 is 1.00 bits per heavy atom. The summed E-state index contributed by atoms with van der Waals surface area (Å²) in [5.74, 6) is 0. The fourth-order valence-electron chi connectivity index (χ4n) is 0. The fourth-order valence-corrected chi connectivity index (χ4v) is 0. The maximum atomic E-state index is 0. The van der Waals surface area contributed by atoms with E-state index < -0.39 is 0 Å². The largest absolute Gasteiger partial charge is 0.153 e. The molecular formula is H3CoLiNiP. The van der Waals surface area contributed by atoms with Crippen LogP contribution in [0.2, 0.25) is 0 Å². The van der Waals surface area contributed by atoms with Gasteiger partial charge in [-0.1, -0.05) is 0 Å². The number of rotatable bonds is 0. The Bertz CT molecular complexity index is 8.00. The van der Waals surface area contributed by atoms with Crippen LogP contribution in [0.4, 0.5) is 0 Å². The molecule has 1 atom stereocenters. The zero-order valence-corrected chi connectivity index (χ0v) is 5.80. The molecular weight excluding hydrogens is 156 g/mol. The molecule has 0 aromatic carbocycles. The van der Waals surface area contributed by atoms with Crippen molar-refractivity contribution in [2.75, 3.05) is 0 Å². The van der Waals surface area contributed by atoms with Gasteiger partial charge >= 0.3 is 0 Å². The molecule has 2 radical (unpaired) electrons. The summed E-state index contributed by atoms with van der Waals surface area (Å²) in [5, 5.41) is 0. The minimum Gasteiger partial charge on any atom is -0.153 e. The molecule has 0 rings (SSSR count). The fraction of sp³-hybridized carbons (Fsp3) is 0. The molecule has 0 aliphatic carbocycles. The molecule has 4 heavy (non-hydrogen) atoms. The van der Waals surface area contributed by atoms with E-state index in [0.717, 1.165) is 0 Å². The van der Waals surface area contributed by atoms with Crippen LogP contribution in [0.1, 0.15) is 0 Å². The van der Waals surface area contributed by atoms with Crippen molar-refractivity contribution in [2.24, 2.45) is 0 Å². The van der Waals surface area contributed by atoms with Crippen LogP contribution in [-0.4, -0.2) is 18.9 Å². The molecule has 0 aromatic heterocycles. The minimum atomic E-state index is 0. The molecule has 0 saturated heterocycles. The van der Waals surface area contributed by atoms with Gasteiger partial charge in [0.2, 0.25) is 0 Å². The van der Waals surface area contributed by atoms with Crippen LogP contribution >= 0.6 is 9.90 Å². The van der Waals surface area contributed by atoms with Crippen molar-refractivity contribution in [3.8, 4) is 0 Å². The topological polar surface area (TPSA) is 0 Å². The van der Waals surface area contributed by atoms with Gasteiger partial charge in [-0.2, -0.15) is 9.90 Å². The molecule has 28 valence electrons. The smallest absolute Gasteiger partial charge is 0 e. The van der Waals surface area contributed by atoms with Crippen LogP contribution in [0.3, 0.4) is 0 Å². The summed E-state index contributed by atoms with van der Waals surface area (Å²) in [5.41, 5.74) is 0. The van der Waals surface area contributed by atoms with Crippen LogP contribution < -0.4 is 0 Å². The van der Waals surface area contributed by atoms with Crippen molar-refractivity contribution in [3.63, 3.8) is 0 Å². The van der Waals surface area contributed by atoms with Crippen molar-refractivity contribution in [1.82, 2.24) is 0 Å². The minimum absolute atomic E-state index is 0.